The zero-order chi connectivity index (χ0) is 13.1. The van der Waals surface area contributed by atoms with Gasteiger partial charge in [-0.15, -0.1) is 0 Å². The van der Waals surface area contributed by atoms with E-state index >= 15 is 0 Å². The third-order valence-electron chi connectivity index (χ3n) is 3.51. The number of amides is 1. The van der Waals surface area contributed by atoms with E-state index in [4.69, 9.17) is 4.74 Å². The van der Waals surface area contributed by atoms with Crippen LogP contribution in [-0.2, 0) is 0 Å². The molecule has 0 radical (unpaired) electrons. The van der Waals surface area contributed by atoms with Crippen molar-refractivity contribution in [3.05, 3.63) is 29.3 Å². The molecule has 98 valence electrons. The molecule has 4 heteroatoms. The van der Waals surface area contributed by atoms with E-state index in [2.05, 4.69) is 17.6 Å². The van der Waals surface area contributed by atoms with Crippen LogP contribution in [0.4, 0.5) is 0 Å². The smallest absolute Gasteiger partial charge is 0.251 e. The molecule has 2 rings (SSSR count). The third-order valence-corrected chi connectivity index (χ3v) is 3.51. The molecule has 1 fully saturated rings. The number of carbonyl (C=O) groups excluding carboxylic acids is 1. The summed E-state index contributed by atoms with van der Waals surface area (Å²) in [4.78, 5) is 12.2. The first-order valence-electron chi connectivity index (χ1n) is 6.28. The van der Waals surface area contributed by atoms with E-state index in [0.29, 0.717) is 5.92 Å². The highest BCUT2D eigenvalue weighted by Gasteiger charge is 2.25. The maximum atomic E-state index is 12.2. The Bertz CT molecular complexity index is 445. The van der Waals surface area contributed by atoms with E-state index in [1.54, 1.807) is 7.11 Å². The molecule has 1 amide bonds. The van der Waals surface area contributed by atoms with Crippen LogP contribution >= 0.6 is 0 Å². The van der Waals surface area contributed by atoms with Gasteiger partial charge < -0.3 is 15.4 Å². The van der Waals surface area contributed by atoms with E-state index in [-0.39, 0.29) is 11.9 Å². The maximum absolute atomic E-state index is 12.2. The van der Waals surface area contributed by atoms with E-state index in [1.165, 1.54) is 0 Å². The molecule has 1 aromatic carbocycles. The van der Waals surface area contributed by atoms with Gasteiger partial charge in [-0.3, -0.25) is 4.79 Å². The summed E-state index contributed by atoms with van der Waals surface area (Å²) in [6.45, 7) is 5.88. The zero-order valence-corrected chi connectivity index (χ0v) is 11.1. The summed E-state index contributed by atoms with van der Waals surface area (Å²) in [6.07, 6.45) is 0. The first kappa shape index (κ1) is 12.9. The largest absolute Gasteiger partial charge is 0.497 e. The fraction of sp³-hybridized carbons (Fsp3) is 0.500. The van der Waals surface area contributed by atoms with Crippen LogP contribution < -0.4 is 15.4 Å². The second-order valence-corrected chi connectivity index (χ2v) is 4.90. The van der Waals surface area contributed by atoms with Crippen LogP contribution in [0.15, 0.2) is 18.2 Å². The van der Waals surface area contributed by atoms with Crippen LogP contribution in [0.3, 0.4) is 0 Å². The second kappa shape index (κ2) is 5.40. The van der Waals surface area contributed by atoms with Crippen molar-refractivity contribution in [3.63, 3.8) is 0 Å². The summed E-state index contributed by atoms with van der Waals surface area (Å²) in [5, 5.41) is 6.36. The van der Waals surface area contributed by atoms with Gasteiger partial charge in [0.05, 0.1) is 7.11 Å². The number of carbonyl (C=O) groups is 1. The molecule has 4 nitrogen and oxygen atoms in total. The number of rotatable bonds is 3. The van der Waals surface area contributed by atoms with Gasteiger partial charge in [0.25, 0.3) is 5.91 Å². The van der Waals surface area contributed by atoms with Gasteiger partial charge in [0, 0.05) is 18.2 Å². The predicted octanol–water partition coefficient (Wildman–Crippen LogP) is 1.34. The monoisotopic (exact) mass is 248 g/mol. The summed E-state index contributed by atoms with van der Waals surface area (Å²) in [5.41, 5.74) is 1.65. The summed E-state index contributed by atoms with van der Waals surface area (Å²) in [7, 11) is 1.63. The summed E-state index contributed by atoms with van der Waals surface area (Å²) >= 11 is 0. The van der Waals surface area contributed by atoms with E-state index in [9.17, 15) is 4.79 Å². The molecule has 1 aromatic rings. The van der Waals surface area contributed by atoms with Gasteiger partial charge >= 0.3 is 0 Å². The summed E-state index contributed by atoms with van der Waals surface area (Å²) in [5.74, 6) is 1.25. The normalized spacial score (nSPS) is 22.8. The molecule has 0 spiro atoms. The topological polar surface area (TPSA) is 50.4 Å². The molecular formula is C14H20N2O2. The molecule has 0 bridgehead atoms. The molecule has 1 heterocycles. The Morgan fingerprint density at radius 3 is 2.78 bits per heavy atom. The lowest BCUT2D eigenvalue weighted by atomic mass is 10.0. The van der Waals surface area contributed by atoms with Gasteiger partial charge in [0.1, 0.15) is 5.75 Å². The number of ether oxygens (including phenoxy) is 1. The molecular weight excluding hydrogens is 228 g/mol. The van der Waals surface area contributed by atoms with Gasteiger partial charge in [0.15, 0.2) is 0 Å². The molecule has 1 saturated heterocycles. The standard InChI is InChI=1S/C14H20N2O2/c1-9-6-11(18-3)4-5-12(9)14(17)16-13-8-15-7-10(13)2/h4-6,10,13,15H,7-8H2,1-3H3,(H,16,17)/t10-,13+/m0/s1. The zero-order valence-electron chi connectivity index (χ0n) is 11.1. The minimum absolute atomic E-state index is 0.00398. The molecule has 0 aromatic heterocycles. The van der Waals surface area contributed by atoms with E-state index in [0.717, 1.165) is 30.0 Å². The molecule has 1 aliphatic heterocycles. The van der Waals surface area contributed by atoms with Crippen molar-refractivity contribution >= 4 is 5.91 Å². The Balaban J connectivity index is 2.09. The van der Waals surface area contributed by atoms with Gasteiger partial charge in [-0.1, -0.05) is 6.92 Å². The number of nitrogens with one attached hydrogen (secondary N) is 2. The molecule has 0 unspecified atom stereocenters. The Morgan fingerprint density at radius 1 is 1.44 bits per heavy atom. The van der Waals surface area contributed by atoms with Gasteiger partial charge in [-0.2, -0.15) is 0 Å². The van der Waals surface area contributed by atoms with E-state index < -0.39 is 0 Å². The average Bonchev–Trinajstić information content (AvgIpc) is 2.74. The Morgan fingerprint density at radius 2 is 2.22 bits per heavy atom. The van der Waals surface area contributed by atoms with Crippen LogP contribution in [0.1, 0.15) is 22.8 Å². The van der Waals surface area contributed by atoms with Crippen LogP contribution in [0, 0.1) is 12.8 Å². The Kier molecular flexibility index (Phi) is 3.87. The summed E-state index contributed by atoms with van der Waals surface area (Å²) in [6, 6.07) is 5.74. The van der Waals surface area contributed by atoms with Gasteiger partial charge in [0.2, 0.25) is 0 Å². The number of methoxy groups -OCH3 is 1. The lowest BCUT2D eigenvalue weighted by Crippen LogP contribution is -2.39. The molecule has 2 atom stereocenters. The van der Waals surface area contributed by atoms with Crippen molar-refractivity contribution in [1.29, 1.82) is 0 Å². The Labute approximate surface area is 108 Å². The minimum atomic E-state index is -0.00398. The second-order valence-electron chi connectivity index (χ2n) is 4.90. The fourth-order valence-corrected chi connectivity index (χ4v) is 2.27. The molecule has 0 aliphatic carbocycles. The highest BCUT2D eigenvalue weighted by atomic mass is 16.5. The maximum Gasteiger partial charge on any atom is 0.251 e. The number of hydrogen-bond acceptors (Lipinski definition) is 3. The molecule has 18 heavy (non-hydrogen) atoms. The third kappa shape index (κ3) is 2.64. The number of hydrogen-bond donors (Lipinski definition) is 2. The van der Waals surface area contributed by atoms with Gasteiger partial charge in [-0.05, 0) is 43.1 Å². The van der Waals surface area contributed by atoms with Crippen molar-refractivity contribution in [2.75, 3.05) is 20.2 Å². The van der Waals surface area contributed by atoms with Crippen LogP contribution in [-0.4, -0.2) is 32.1 Å². The average molecular weight is 248 g/mol. The fourth-order valence-electron chi connectivity index (χ4n) is 2.27. The SMILES string of the molecule is COc1ccc(C(=O)N[C@@H]2CNC[C@@H]2C)c(C)c1. The van der Waals surface area contributed by atoms with Crippen molar-refractivity contribution in [2.24, 2.45) is 5.92 Å². The van der Waals surface area contributed by atoms with Crippen LogP contribution in [0.25, 0.3) is 0 Å². The quantitative estimate of drug-likeness (QED) is 0.848. The first-order chi connectivity index (χ1) is 8.61. The first-order valence-corrected chi connectivity index (χ1v) is 6.28. The number of aryl methyl sites for hydroxylation is 1. The highest BCUT2D eigenvalue weighted by molar-refractivity contribution is 5.96. The van der Waals surface area contributed by atoms with Crippen molar-refractivity contribution in [1.82, 2.24) is 10.6 Å². The molecule has 2 N–H and O–H groups in total. The minimum Gasteiger partial charge on any atom is -0.497 e. The number of benzene rings is 1. The molecule has 1 aliphatic rings. The van der Waals surface area contributed by atoms with Crippen molar-refractivity contribution in [3.8, 4) is 5.75 Å². The lowest BCUT2D eigenvalue weighted by molar-refractivity contribution is 0.0932. The van der Waals surface area contributed by atoms with Gasteiger partial charge in [-0.25, -0.2) is 0 Å². The predicted molar refractivity (Wildman–Crippen MR) is 71.0 cm³/mol. The van der Waals surface area contributed by atoms with Crippen molar-refractivity contribution < 1.29 is 9.53 Å². The van der Waals surface area contributed by atoms with Crippen LogP contribution in [0.2, 0.25) is 0 Å². The highest BCUT2D eigenvalue weighted by Crippen LogP contribution is 2.17. The lowest BCUT2D eigenvalue weighted by Gasteiger charge is -2.17. The Hall–Kier alpha value is -1.55. The van der Waals surface area contributed by atoms with E-state index in [1.807, 2.05) is 25.1 Å². The molecule has 0 saturated carbocycles. The van der Waals surface area contributed by atoms with Crippen LogP contribution in [0.5, 0.6) is 5.75 Å². The van der Waals surface area contributed by atoms with Crippen molar-refractivity contribution in [2.45, 2.75) is 19.9 Å². The summed E-state index contributed by atoms with van der Waals surface area (Å²) < 4.78 is 5.14.